The molecule has 0 spiro atoms. The number of carbonyl (C=O) groups is 1. The molecule has 1 aromatic heterocycles. The topological polar surface area (TPSA) is 51.2 Å². The van der Waals surface area contributed by atoms with Gasteiger partial charge in [-0.15, -0.1) is 11.3 Å². The van der Waals surface area contributed by atoms with Crippen molar-refractivity contribution in [1.29, 1.82) is 0 Å². The monoisotopic (exact) mass is 414 g/mol. The van der Waals surface area contributed by atoms with E-state index in [1.165, 1.54) is 29.6 Å². The summed E-state index contributed by atoms with van der Waals surface area (Å²) in [6.07, 6.45) is -4.57. The Labute approximate surface area is 159 Å². The third-order valence-electron chi connectivity index (χ3n) is 3.56. The number of hydrogen-bond acceptors (Lipinski definition) is 4. The van der Waals surface area contributed by atoms with Crippen LogP contribution in [-0.2, 0) is 6.18 Å². The summed E-state index contributed by atoms with van der Waals surface area (Å²) in [6, 6.07) is 9.95. The summed E-state index contributed by atoms with van der Waals surface area (Å²) >= 11 is 0.996. The summed E-state index contributed by atoms with van der Waals surface area (Å²) in [5.74, 6) is -0.859. The molecule has 0 atom stereocenters. The molecule has 0 saturated carbocycles. The maximum absolute atomic E-state index is 12.8. The highest BCUT2D eigenvalue weighted by molar-refractivity contribution is 7.14. The number of anilines is 1. The van der Waals surface area contributed by atoms with Crippen LogP contribution in [0.15, 0.2) is 53.9 Å². The number of aromatic nitrogens is 1. The molecule has 3 aromatic rings. The van der Waals surface area contributed by atoms with Crippen LogP contribution in [0.1, 0.15) is 15.9 Å². The minimum absolute atomic E-state index is 0.0847. The number of amides is 1. The van der Waals surface area contributed by atoms with Gasteiger partial charge < -0.3 is 4.74 Å². The minimum atomic E-state index is -4.57. The zero-order chi connectivity index (χ0) is 20.3. The molecule has 0 unspecified atom stereocenters. The standard InChI is InChI=1S/C18H11F5N2O2S/c19-16(20)27-14-7-2-1-6-12(14)13-9-28-17(24-13)25-15(26)10-4-3-5-11(8-10)18(21,22)23/h1-9,16H,(H,24,25,26). The Morgan fingerprint density at radius 1 is 1.11 bits per heavy atom. The van der Waals surface area contributed by atoms with E-state index in [0.717, 1.165) is 29.5 Å². The van der Waals surface area contributed by atoms with Gasteiger partial charge in [-0.1, -0.05) is 18.2 Å². The van der Waals surface area contributed by atoms with Crippen LogP contribution >= 0.6 is 11.3 Å². The van der Waals surface area contributed by atoms with Gasteiger partial charge in [0.1, 0.15) is 5.75 Å². The predicted octanol–water partition coefficient (Wildman–Crippen LogP) is 5.68. The second-order valence-electron chi connectivity index (χ2n) is 5.45. The summed E-state index contributed by atoms with van der Waals surface area (Å²) < 4.78 is 67.8. The largest absolute Gasteiger partial charge is 0.434 e. The van der Waals surface area contributed by atoms with Gasteiger partial charge in [0.25, 0.3) is 5.91 Å². The van der Waals surface area contributed by atoms with Crippen molar-refractivity contribution >= 4 is 22.4 Å². The van der Waals surface area contributed by atoms with E-state index in [-0.39, 0.29) is 22.1 Å². The highest BCUT2D eigenvalue weighted by Crippen LogP contribution is 2.33. The number of para-hydroxylation sites is 1. The van der Waals surface area contributed by atoms with Crippen LogP contribution in [0.2, 0.25) is 0 Å². The lowest BCUT2D eigenvalue weighted by Crippen LogP contribution is -2.13. The van der Waals surface area contributed by atoms with Crippen molar-refractivity contribution in [3.05, 3.63) is 65.0 Å². The molecular weight excluding hydrogens is 403 g/mol. The molecule has 3 rings (SSSR count). The van der Waals surface area contributed by atoms with Crippen molar-refractivity contribution in [3.63, 3.8) is 0 Å². The number of hydrogen-bond donors (Lipinski definition) is 1. The highest BCUT2D eigenvalue weighted by atomic mass is 32.1. The second kappa shape index (κ2) is 7.93. The second-order valence-corrected chi connectivity index (χ2v) is 6.30. The van der Waals surface area contributed by atoms with Crippen LogP contribution in [0.25, 0.3) is 11.3 Å². The maximum Gasteiger partial charge on any atom is 0.416 e. The van der Waals surface area contributed by atoms with E-state index in [1.54, 1.807) is 6.07 Å². The molecule has 2 aromatic carbocycles. The van der Waals surface area contributed by atoms with Gasteiger partial charge in [-0.3, -0.25) is 10.1 Å². The summed E-state index contributed by atoms with van der Waals surface area (Å²) in [7, 11) is 0. The molecule has 1 heterocycles. The van der Waals surface area contributed by atoms with Crippen molar-refractivity contribution in [1.82, 2.24) is 4.98 Å². The molecule has 28 heavy (non-hydrogen) atoms. The lowest BCUT2D eigenvalue weighted by atomic mass is 10.1. The highest BCUT2D eigenvalue weighted by Gasteiger charge is 2.31. The molecule has 146 valence electrons. The first-order chi connectivity index (χ1) is 13.2. The number of ether oxygens (including phenoxy) is 1. The normalized spacial score (nSPS) is 11.5. The van der Waals surface area contributed by atoms with Gasteiger partial charge in [0.15, 0.2) is 5.13 Å². The first-order valence-corrected chi connectivity index (χ1v) is 8.60. The lowest BCUT2D eigenvalue weighted by molar-refractivity contribution is -0.137. The molecule has 0 aliphatic rings. The van der Waals surface area contributed by atoms with Crippen molar-refractivity contribution in [2.24, 2.45) is 0 Å². The molecule has 1 N–H and O–H groups in total. The Bertz CT molecular complexity index is 988. The van der Waals surface area contributed by atoms with Gasteiger partial charge in [0, 0.05) is 16.5 Å². The number of halogens is 5. The number of alkyl halides is 5. The first-order valence-electron chi connectivity index (χ1n) is 7.72. The van der Waals surface area contributed by atoms with Crippen molar-refractivity contribution in [3.8, 4) is 17.0 Å². The average Bonchev–Trinajstić information content (AvgIpc) is 3.09. The molecule has 0 fully saturated rings. The van der Waals surface area contributed by atoms with E-state index >= 15 is 0 Å². The maximum atomic E-state index is 12.8. The summed E-state index contributed by atoms with van der Waals surface area (Å²) in [6.45, 7) is -3.01. The third-order valence-corrected chi connectivity index (χ3v) is 4.31. The zero-order valence-corrected chi connectivity index (χ0v) is 14.7. The Kier molecular flexibility index (Phi) is 5.59. The van der Waals surface area contributed by atoms with Crippen LogP contribution < -0.4 is 10.1 Å². The smallest absolute Gasteiger partial charge is 0.416 e. The average molecular weight is 414 g/mol. The van der Waals surface area contributed by atoms with E-state index in [2.05, 4.69) is 15.0 Å². The number of thiazole rings is 1. The molecule has 4 nitrogen and oxygen atoms in total. The van der Waals surface area contributed by atoms with E-state index in [0.29, 0.717) is 5.56 Å². The van der Waals surface area contributed by atoms with Crippen LogP contribution in [-0.4, -0.2) is 17.5 Å². The van der Waals surface area contributed by atoms with Crippen molar-refractivity contribution in [2.75, 3.05) is 5.32 Å². The van der Waals surface area contributed by atoms with Gasteiger partial charge in [-0.2, -0.15) is 22.0 Å². The van der Waals surface area contributed by atoms with Gasteiger partial charge in [0.2, 0.25) is 0 Å². The van der Waals surface area contributed by atoms with Crippen molar-refractivity contribution < 1.29 is 31.5 Å². The predicted molar refractivity (Wildman–Crippen MR) is 93.6 cm³/mol. The Morgan fingerprint density at radius 3 is 2.57 bits per heavy atom. The molecule has 0 aliphatic carbocycles. The Morgan fingerprint density at radius 2 is 1.86 bits per heavy atom. The van der Waals surface area contributed by atoms with Gasteiger partial charge in [0.05, 0.1) is 11.3 Å². The summed E-state index contributed by atoms with van der Waals surface area (Å²) in [4.78, 5) is 16.3. The van der Waals surface area contributed by atoms with Crippen LogP contribution in [0.5, 0.6) is 5.75 Å². The quantitative estimate of drug-likeness (QED) is 0.547. The fourth-order valence-corrected chi connectivity index (χ4v) is 3.04. The van der Waals surface area contributed by atoms with Crippen LogP contribution in [0.4, 0.5) is 27.1 Å². The molecular formula is C18H11F5N2O2S. The van der Waals surface area contributed by atoms with Crippen LogP contribution in [0.3, 0.4) is 0 Å². The number of nitrogens with zero attached hydrogens (tertiary/aromatic N) is 1. The lowest BCUT2D eigenvalue weighted by Gasteiger charge is -2.09. The fraction of sp³-hybridized carbons (Fsp3) is 0.111. The molecule has 0 saturated heterocycles. The number of nitrogens with one attached hydrogen (secondary N) is 1. The van der Waals surface area contributed by atoms with E-state index in [4.69, 9.17) is 0 Å². The van der Waals surface area contributed by atoms with E-state index in [9.17, 15) is 26.7 Å². The van der Waals surface area contributed by atoms with Crippen molar-refractivity contribution in [2.45, 2.75) is 12.8 Å². The third kappa shape index (κ3) is 4.63. The molecule has 0 radical (unpaired) electrons. The minimum Gasteiger partial charge on any atom is -0.434 e. The van der Waals surface area contributed by atoms with Gasteiger partial charge in [-0.05, 0) is 30.3 Å². The van der Waals surface area contributed by atoms with Gasteiger partial charge in [-0.25, -0.2) is 4.98 Å². The molecule has 10 heteroatoms. The SMILES string of the molecule is O=C(Nc1nc(-c2ccccc2OC(F)F)cs1)c1cccc(C(F)(F)F)c1. The first kappa shape index (κ1) is 19.7. The molecule has 0 bridgehead atoms. The van der Waals surface area contributed by atoms with Crippen LogP contribution in [0, 0.1) is 0 Å². The fourth-order valence-electron chi connectivity index (χ4n) is 2.34. The molecule has 0 aliphatic heterocycles. The van der Waals surface area contributed by atoms with E-state index < -0.39 is 24.3 Å². The van der Waals surface area contributed by atoms with E-state index in [1.807, 2.05) is 0 Å². The Hall–Kier alpha value is -3.01. The number of benzene rings is 2. The number of rotatable bonds is 5. The zero-order valence-electron chi connectivity index (χ0n) is 13.8. The molecule has 1 amide bonds. The van der Waals surface area contributed by atoms with Gasteiger partial charge >= 0.3 is 12.8 Å². The summed E-state index contributed by atoms with van der Waals surface area (Å²) in [5, 5.41) is 4.01. The number of carbonyl (C=O) groups excluding carboxylic acids is 1. The summed E-state index contributed by atoms with van der Waals surface area (Å²) in [5.41, 5.74) is -0.565. The Balaban J connectivity index is 1.80.